The van der Waals surface area contributed by atoms with Crippen LogP contribution in [0.2, 0.25) is 0 Å². The molecule has 1 heterocycles. The van der Waals surface area contributed by atoms with Crippen molar-refractivity contribution in [2.24, 2.45) is 5.92 Å². The predicted molar refractivity (Wildman–Crippen MR) is 148 cm³/mol. The molecular weight excluding hydrogens is 472 g/mol. The largest absolute Gasteiger partial charge is 0.352 e. The van der Waals surface area contributed by atoms with Gasteiger partial charge in [0.05, 0.1) is 11.6 Å². The highest BCUT2D eigenvalue weighted by Gasteiger charge is 2.43. The Labute approximate surface area is 224 Å². The lowest BCUT2D eigenvalue weighted by Gasteiger charge is -2.34. The van der Waals surface area contributed by atoms with Gasteiger partial charge in [-0.05, 0) is 85.0 Å². The molecule has 0 spiro atoms. The van der Waals surface area contributed by atoms with E-state index in [1.165, 1.54) is 11.1 Å². The summed E-state index contributed by atoms with van der Waals surface area (Å²) in [6.45, 7) is 7.44. The van der Waals surface area contributed by atoms with Crippen molar-refractivity contribution in [3.05, 3.63) is 94.5 Å². The maximum Gasteiger partial charge on any atom is 0.318 e. The van der Waals surface area contributed by atoms with Gasteiger partial charge in [0.15, 0.2) is 0 Å². The standard InChI is InChI=1S/C32H34N4O2/c1-32(2,3)35-31(38)36-15-14-26-25(23-11-7-8-21(16-23)18-33)13-12-24(29(26)20-36)19-34-30(37)28-17-27(28)22-9-5-4-6-10-22/h4-13,16,27-28H,14-15,17,19-20H2,1-3H3,(H,34,37)(H,35,38). The molecule has 1 saturated carbocycles. The minimum Gasteiger partial charge on any atom is -0.352 e. The Morgan fingerprint density at radius 3 is 2.55 bits per heavy atom. The third kappa shape index (κ3) is 5.57. The minimum absolute atomic E-state index is 0.00952. The molecule has 5 rings (SSSR count). The van der Waals surface area contributed by atoms with Gasteiger partial charge in [0.25, 0.3) is 0 Å². The summed E-state index contributed by atoms with van der Waals surface area (Å²) in [5.74, 6) is 0.378. The maximum atomic E-state index is 13.0. The molecule has 0 aromatic heterocycles. The summed E-state index contributed by atoms with van der Waals surface area (Å²) in [5, 5.41) is 15.6. The third-order valence-electron chi connectivity index (χ3n) is 7.39. The molecule has 0 bridgehead atoms. The number of hydrogen-bond acceptors (Lipinski definition) is 3. The van der Waals surface area contributed by atoms with Crippen molar-refractivity contribution in [2.45, 2.75) is 58.2 Å². The van der Waals surface area contributed by atoms with E-state index >= 15 is 0 Å². The van der Waals surface area contributed by atoms with Crippen molar-refractivity contribution in [3.8, 4) is 17.2 Å². The number of nitrogens with one attached hydrogen (secondary N) is 2. The zero-order valence-electron chi connectivity index (χ0n) is 22.3. The quantitative estimate of drug-likeness (QED) is 0.478. The highest BCUT2D eigenvalue weighted by Crippen LogP contribution is 2.47. The Bertz CT molecular complexity index is 1400. The van der Waals surface area contributed by atoms with E-state index in [4.69, 9.17) is 0 Å². The van der Waals surface area contributed by atoms with Crippen molar-refractivity contribution in [3.63, 3.8) is 0 Å². The molecule has 2 atom stereocenters. The van der Waals surface area contributed by atoms with Crippen LogP contribution in [0, 0.1) is 17.2 Å². The first-order valence-corrected chi connectivity index (χ1v) is 13.3. The van der Waals surface area contributed by atoms with E-state index in [9.17, 15) is 14.9 Å². The number of nitriles is 1. The number of hydrogen-bond donors (Lipinski definition) is 2. The second-order valence-electron chi connectivity index (χ2n) is 11.4. The maximum absolute atomic E-state index is 13.0. The first kappa shape index (κ1) is 25.5. The van der Waals surface area contributed by atoms with E-state index in [-0.39, 0.29) is 29.3 Å². The number of urea groups is 1. The zero-order chi connectivity index (χ0) is 26.9. The first-order chi connectivity index (χ1) is 18.2. The lowest BCUT2D eigenvalue weighted by atomic mass is 9.87. The van der Waals surface area contributed by atoms with Crippen LogP contribution in [-0.4, -0.2) is 28.9 Å². The van der Waals surface area contributed by atoms with Crippen molar-refractivity contribution < 1.29 is 9.59 Å². The Morgan fingerprint density at radius 1 is 1.03 bits per heavy atom. The summed E-state index contributed by atoms with van der Waals surface area (Å²) in [4.78, 5) is 27.9. The molecular formula is C32H34N4O2. The molecule has 3 aromatic carbocycles. The van der Waals surface area contributed by atoms with Crippen molar-refractivity contribution in [1.29, 1.82) is 5.26 Å². The van der Waals surface area contributed by atoms with Gasteiger partial charge in [-0.1, -0.05) is 54.6 Å². The number of fused-ring (bicyclic) bond motifs is 1. The lowest BCUT2D eigenvalue weighted by Crippen LogP contribution is -2.50. The molecule has 38 heavy (non-hydrogen) atoms. The molecule has 194 valence electrons. The average Bonchev–Trinajstić information content (AvgIpc) is 3.72. The van der Waals surface area contributed by atoms with E-state index in [0.717, 1.165) is 28.7 Å². The molecule has 3 amide bonds. The number of carbonyl (C=O) groups is 2. The molecule has 6 heteroatoms. The molecule has 2 aliphatic rings. The molecule has 3 aromatic rings. The Balaban J connectivity index is 1.39. The summed E-state index contributed by atoms with van der Waals surface area (Å²) in [6, 6.07) is 24.1. The van der Waals surface area contributed by atoms with Gasteiger partial charge in [0.2, 0.25) is 5.91 Å². The van der Waals surface area contributed by atoms with Gasteiger partial charge >= 0.3 is 6.03 Å². The number of nitrogens with zero attached hydrogens (tertiary/aromatic N) is 2. The fourth-order valence-corrected chi connectivity index (χ4v) is 5.37. The molecule has 2 N–H and O–H groups in total. The smallest absolute Gasteiger partial charge is 0.318 e. The van der Waals surface area contributed by atoms with E-state index in [0.29, 0.717) is 31.6 Å². The topological polar surface area (TPSA) is 85.2 Å². The fourth-order valence-electron chi connectivity index (χ4n) is 5.37. The highest BCUT2D eigenvalue weighted by atomic mass is 16.2. The molecule has 2 unspecified atom stereocenters. The third-order valence-corrected chi connectivity index (χ3v) is 7.39. The van der Waals surface area contributed by atoms with Crippen molar-refractivity contribution >= 4 is 11.9 Å². The average molecular weight is 507 g/mol. The van der Waals surface area contributed by atoms with Gasteiger partial charge in [-0.3, -0.25) is 4.79 Å². The lowest BCUT2D eigenvalue weighted by molar-refractivity contribution is -0.122. The second-order valence-corrected chi connectivity index (χ2v) is 11.4. The number of benzene rings is 3. The van der Waals surface area contributed by atoms with Gasteiger partial charge in [-0.25, -0.2) is 4.79 Å². The van der Waals surface area contributed by atoms with Crippen LogP contribution in [0.1, 0.15) is 60.9 Å². The van der Waals surface area contributed by atoms with Crippen molar-refractivity contribution in [2.75, 3.05) is 6.54 Å². The molecule has 0 saturated heterocycles. The molecule has 1 aliphatic carbocycles. The van der Waals surface area contributed by atoms with E-state index in [2.05, 4.69) is 41.0 Å². The van der Waals surface area contributed by atoms with Crippen LogP contribution >= 0.6 is 0 Å². The van der Waals surface area contributed by atoms with Crippen LogP contribution in [0.15, 0.2) is 66.7 Å². The Morgan fingerprint density at radius 2 is 1.82 bits per heavy atom. The molecule has 6 nitrogen and oxygen atoms in total. The van der Waals surface area contributed by atoms with Gasteiger partial charge in [-0.15, -0.1) is 0 Å². The van der Waals surface area contributed by atoms with E-state index in [1.807, 2.05) is 62.1 Å². The highest BCUT2D eigenvalue weighted by molar-refractivity contribution is 5.83. The van der Waals surface area contributed by atoms with Crippen LogP contribution in [0.5, 0.6) is 0 Å². The monoisotopic (exact) mass is 506 g/mol. The van der Waals surface area contributed by atoms with Crippen LogP contribution in [0.4, 0.5) is 4.79 Å². The second kappa shape index (κ2) is 10.3. The van der Waals surface area contributed by atoms with Crippen LogP contribution in [0.3, 0.4) is 0 Å². The van der Waals surface area contributed by atoms with Crippen LogP contribution in [-0.2, 0) is 24.3 Å². The number of amides is 3. The van der Waals surface area contributed by atoms with Gasteiger partial charge in [0.1, 0.15) is 0 Å². The van der Waals surface area contributed by atoms with Gasteiger partial charge in [-0.2, -0.15) is 5.26 Å². The Hall–Kier alpha value is -4.11. The van der Waals surface area contributed by atoms with E-state index < -0.39 is 0 Å². The summed E-state index contributed by atoms with van der Waals surface area (Å²) >= 11 is 0. The van der Waals surface area contributed by atoms with E-state index in [1.54, 1.807) is 6.07 Å². The summed E-state index contributed by atoms with van der Waals surface area (Å²) in [5.41, 5.74) is 6.87. The minimum atomic E-state index is -0.326. The van der Waals surface area contributed by atoms with Crippen molar-refractivity contribution in [1.82, 2.24) is 15.5 Å². The van der Waals surface area contributed by atoms with Crippen LogP contribution < -0.4 is 10.6 Å². The summed E-state index contributed by atoms with van der Waals surface area (Å²) in [7, 11) is 0. The number of rotatable bonds is 5. The molecule has 0 radical (unpaired) electrons. The Kier molecular flexibility index (Phi) is 6.94. The fraction of sp³-hybridized carbons (Fsp3) is 0.344. The normalized spacial score (nSPS) is 18.2. The summed E-state index contributed by atoms with van der Waals surface area (Å²) in [6.07, 6.45) is 1.59. The van der Waals surface area contributed by atoms with Gasteiger partial charge in [0, 0.05) is 31.1 Å². The van der Waals surface area contributed by atoms with Gasteiger partial charge < -0.3 is 15.5 Å². The number of carbonyl (C=O) groups excluding carboxylic acids is 2. The zero-order valence-corrected chi connectivity index (χ0v) is 22.3. The first-order valence-electron chi connectivity index (χ1n) is 13.3. The molecule has 1 fully saturated rings. The van der Waals surface area contributed by atoms with Crippen LogP contribution in [0.25, 0.3) is 11.1 Å². The predicted octanol–water partition coefficient (Wildman–Crippen LogP) is 5.51. The summed E-state index contributed by atoms with van der Waals surface area (Å²) < 4.78 is 0. The SMILES string of the molecule is CC(C)(C)NC(=O)N1CCc2c(-c3cccc(C#N)c3)ccc(CNC(=O)C3CC3c3ccccc3)c2C1. The molecule has 1 aliphatic heterocycles.